The molecule has 1 aromatic rings. The summed E-state index contributed by atoms with van der Waals surface area (Å²) in [5, 5.41) is 3.39. The van der Waals surface area contributed by atoms with Gasteiger partial charge in [0.15, 0.2) is 0 Å². The van der Waals surface area contributed by atoms with Crippen molar-refractivity contribution in [3.8, 4) is 0 Å². The molecule has 0 saturated heterocycles. The van der Waals surface area contributed by atoms with E-state index in [4.69, 9.17) is 13.3 Å². The first-order chi connectivity index (χ1) is 8.65. The maximum absolute atomic E-state index is 5.43. The second-order valence-corrected chi connectivity index (χ2v) is 7.35. The van der Waals surface area contributed by atoms with Gasteiger partial charge in [0.1, 0.15) is 0 Å². The van der Waals surface area contributed by atoms with E-state index >= 15 is 0 Å². The first-order valence-electron chi connectivity index (χ1n) is 6.10. The van der Waals surface area contributed by atoms with Crippen LogP contribution in [0.25, 0.3) is 0 Å². The molecule has 0 aromatic heterocycles. The summed E-state index contributed by atoms with van der Waals surface area (Å²) < 4.78 is 16.3. The Kier molecular flexibility index (Phi) is 6.35. The smallest absolute Gasteiger partial charge is 0.385 e. The molecule has 1 atom stereocenters. The van der Waals surface area contributed by atoms with Crippen molar-refractivity contribution in [2.75, 3.05) is 33.2 Å². The van der Waals surface area contributed by atoms with Crippen molar-refractivity contribution < 1.29 is 13.3 Å². The maximum atomic E-state index is 5.43. The Morgan fingerprint density at radius 3 is 2.11 bits per heavy atom. The van der Waals surface area contributed by atoms with Gasteiger partial charge in [-0.15, -0.1) is 0 Å². The minimum Gasteiger partial charge on any atom is -0.385 e. The zero-order valence-corrected chi connectivity index (χ0v) is 12.6. The molecule has 0 spiro atoms. The van der Waals surface area contributed by atoms with E-state index in [1.54, 1.807) is 21.3 Å². The van der Waals surface area contributed by atoms with Crippen LogP contribution < -0.4 is 5.32 Å². The molecule has 0 heterocycles. The third-order valence-electron chi connectivity index (χ3n) is 2.96. The predicted molar refractivity (Wildman–Crippen MR) is 75.7 cm³/mol. The van der Waals surface area contributed by atoms with E-state index in [-0.39, 0.29) is 0 Å². The lowest BCUT2D eigenvalue weighted by Crippen LogP contribution is -2.44. The molecule has 0 aliphatic carbocycles. The van der Waals surface area contributed by atoms with E-state index < -0.39 is 8.80 Å². The second kappa shape index (κ2) is 7.53. The van der Waals surface area contributed by atoms with Crippen molar-refractivity contribution in [1.29, 1.82) is 0 Å². The molecule has 0 aliphatic heterocycles. The lowest BCUT2D eigenvalue weighted by Gasteiger charge is -2.27. The van der Waals surface area contributed by atoms with Crippen molar-refractivity contribution in [2.45, 2.75) is 13.0 Å². The highest BCUT2D eigenvalue weighted by molar-refractivity contribution is 6.60. The number of benzene rings is 1. The van der Waals surface area contributed by atoms with Gasteiger partial charge in [-0.1, -0.05) is 25.1 Å². The largest absolute Gasteiger partial charge is 0.500 e. The van der Waals surface area contributed by atoms with Crippen LogP contribution in [-0.2, 0) is 13.3 Å². The summed E-state index contributed by atoms with van der Waals surface area (Å²) in [7, 11) is 2.49. The fourth-order valence-corrected chi connectivity index (χ4v) is 3.84. The number of rotatable bonds is 8. The summed E-state index contributed by atoms with van der Waals surface area (Å²) in [6, 6.07) is 11.0. The van der Waals surface area contributed by atoms with Crippen molar-refractivity contribution >= 4 is 14.5 Å². The monoisotopic (exact) mass is 269 g/mol. The summed E-state index contributed by atoms with van der Waals surface area (Å²) in [6.07, 6.45) is 0. The average molecular weight is 269 g/mol. The SMILES string of the molecule is CO[Si](CC(C)CNc1ccccc1)(OC)OC. The van der Waals surface area contributed by atoms with E-state index in [2.05, 4.69) is 24.4 Å². The number of hydrogen-bond acceptors (Lipinski definition) is 4. The van der Waals surface area contributed by atoms with Crippen LogP contribution in [0.2, 0.25) is 6.04 Å². The Morgan fingerprint density at radius 1 is 1.06 bits per heavy atom. The van der Waals surface area contributed by atoms with Gasteiger partial charge in [-0.3, -0.25) is 0 Å². The normalized spacial score (nSPS) is 13.3. The Hall–Kier alpha value is -0.883. The average Bonchev–Trinajstić information content (AvgIpc) is 2.44. The van der Waals surface area contributed by atoms with Gasteiger partial charge >= 0.3 is 8.80 Å². The van der Waals surface area contributed by atoms with Crippen molar-refractivity contribution in [3.05, 3.63) is 30.3 Å². The molecule has 102 valence electrons. The quantitative estimate of drug-likeness (QED) is 0.736. The minimum atomic E-state index is -2.46. The second-order valence-electron chi connectivity index (χ2n) is 4.35. The number of para-hydroxylation sites is 1. The Balaban J connectivity index is 2.43. The van der Waals surface area contributed by atoms with E-state index in [1.807, 2.05) is 18.2 Å². The number of nitrogens with one attached hydrogen (secondary N) is 1. The highest BCUT2D eigenvalue weighted by Crippen LogP contribution is 2.19. The van der Waals surface area contributed by atoms with Gasteiger partial charge in [0.05, 0.1) is 0 Å². The summed E-state index contributed by atoms with van der Waals surface area (Å²) >= 11 is 0. The van der Waals surface area contributed by atoms with E-state index in [0.717, 1.165) is 18.3 Å². The first kappa shape index (κ1) is 15.2. The zero-order chi connectivity index (χ0) is 13.4. The predicted octanol–water partition coefficient (Wildman–Crippen LogP) is 2.61. The lowest BCUT2D eigenvalue weighted by atomic mass is 10.2. The minimum absolute atomic E-state index is 0.414. The molecule has 1 aromatic carbocycles. The third kappa shape index (κ3) is 4.42. The van der Waals surface area contributed by atoms with Crippen LogP contribution in [0.15, 0.2) is 30.3 Å². The van der Waals surface area contributed by atoms with Gasteiger partial charge in [-0.25, -0.2) is 0 Å². The van der Waals surface area contributed by atoms with E-state index in [9.17, 15) is 0 Å². The van der Waals surface area contributed by atoms with Crippen molar-refractivity contribution in [1.82, 2.24) is 0 Å². The number of anilines is 1. The molecule has 0 saturated carbocycles. The molecule has 0 bridgehead atoms. The van der Waals surface area contributed by atoms with Gasteiger partial charge in [0.2, 0.25) is 0 Å². The van der Waals surface area contributed by atoms with Gasteiger partial charge in [0, 0.05) is 39.6 Å². The maximum Gasteiger partial charge on any atom is 0.500 e. The molecule has 18 heavy (non-hydrogen) atoms. The zero-order valence-electron chi connectivity index (χ0n) is 11.6. The van der Waals surface area contributed by atoms with Crippen LogP contribution >= 0.6 is 0 Å². The highest BCUT2D eigenvalue weighted by Gasteiger charge is 2.39. The Bertz CT molecular complexity index is 322. The summed E-state index contributed by atoms with van der Waals surface area (Å²) in [4.78, 5) is 0. The van der Waals surface area contributed by atoms with Gasteiger partial charge in [0.25, 0.3) is 0 Å². The molecule has 4 nitrogen and oxygen atoms in total. The van der Waals surface area contributed by atoms with Crippen LogP contribution in [0.4, 0.5) is 5.69 Å². The molecular weight excluding hydrogens is 246 g/mol. The van der Waals surface area contributed by atoms with Gasteiger partial charge < -0.3 is 18.6 Å². The Morgan fingerprint density at radius 2 is 1.61 bits per heavy atom. The lowest BCUT2D eigenvalue weighted by molar-refractivity contribution is 0.119. The molecule has 1 N–H and O–H groups in total. The topological polar surface area (TPSA) is 39.7 Å². The van der Waals surface area contributed by atoms with E-state index in [1.165, 1.54) is 0 Å². The molecule has 0 amide bonds. The van der Waals surface area contributed by atoms with Gasteiger partial charge in [-0.2, -0.15) is 0 Å². The van der Waals surface area contributed by atoms with Crippen LogP contribution in [0.3, 0.4) is 0 Å². The molecule has 5 heteroatoms. The fourth-order valence-electron chi connectivity index (χ4n) is 1.85. The molecule has 0 aliphatic rings. The molecule has 0 fully saturated rings. The number of hydrogen-bond donors (Lipinski definition) is 1. The third-order valence-corrected chi connectivity index (χ3v) is 6.02. The fraction of sp³-hybridized carbons (Fsp3) is 0.538. The first-order valence-corrected chi connectivity index (χ1v) is 8.03. The van der Waals surface area contributed by atoms with Crippen LogP contribution in [0.5, 0.6) is 0 Å². The molecule has 0 radical (unpaired) electrons. The van der Waals surface area contributed by atoms with Crippen LogP contribution in [-0.4, -0.2) is 36.7 Å². The Labute approximate surface area is 111 Å². The standard InChI is InChI=1S/C13H23NO3Si/c1-12(11-18(15-2,16-3)17-4)10-14-13-8-6-5-7-9-13/h5-9,12,14H,10-11H2,1-4H3. The van der Waals surface area contributed by atoms with Crippen molar-refractivity contribution in [3.63, 3.8) is 0 Å². The van der Waals surface area contributed by atoms with Gasteiger partial charge in [-0.05, 0) is 18.1 Å². The van der Waals surface area contributed by atoms with Crippen molar-refractivity contribution in [2.24, 2.45) is 5.92 Å². The van der Waals surface area contributed by atoms with E-state index in [0.29, 0.717) is 5.92 Å². The van der Waals surface area contributed by atoms with Crippen LogP contribution in [0.1, 0.15) is 6.92 Å². The molecule has 1 unspecified atom stereocenters. The summed E-state index contributed by atoms with van der Waals surface area (Å²) in [5.74, 6) is 0.414. The van der Waals surface area contributed by atoms with Crippen LogP contribution in [0, 0.1) is 5.92 Å². The molecule has 1 rings (SSSR count). The summed E-state index contributed by atoms with van der Waals surface area (Å²) in [6.45, 7) is 3.03. The molecular formula is C13H23NO3Si. The highest BCUT2D eigenvalue weighted by atomic mass is 28.4. The summed E-state index contributed by atoms with van der Waals surface area (Å²) in [5.41, 5.74) is 1.13.